The second-order valence-corrected chi connectivity index (χ2v) is 5.32. The number of piperidine rings is 1. The molecule has 1 aliphatic heterocycles. The Hall–Kier alpha value is -1.63. The van der Waals surface area contributed by atoms with Crippen LogP contribution in [0, 0.1) is 5.92 Å². The largest absolute Gasteiger partial charge is 0.338 e. The van der Waals surface area contributed by atoms with Gasteiger partial charge in [-0.25, -0.2) is 9.78 Å². The van der Waals surface area contributed by atoms with Crippen LogP contribution in [0.25, 0.3) is 0 Å². The van der Waals surface area contributed by atoms with Crippen molar-refractivity contribution in [1.29, 1.82) is 0 Å². The number of hydrogen-bond acceptors (Lipinski definition) is 4. The first-order valence-electron chi connectivity index (χ1n) is 6.44. The van der Waals surface area contributed by atoms with E-state index in [2.05, 4.69) is 15.6 Å². The average Bonchev–Trinajstić information content (AvgIpc) is 2.92. The highest BCUT2D eigenvalue weighted by Crippen LogP contribution is 2.20. The lowest BCUT2D eigenvalue weighted by Gasteiger charge is -2.31. The zero-order valence-electron chi connectivity index (χ0n) is 10.9. The molecule has 1 aliphatic rings. The number of anilines is 1. The number of thiazole rings is 1. The second kappa shape index (κ2) is 6.51. The van der Waals surface area contributed by atoms with E-state index in [1.165, 1.54) is 11.3 Å². The molecule has 0 radical (unpaired) electrons. The maximum Gasteiger partial charge on any atom is 0.317 e. The molecule has 0 atom stereocenters. The number of hydrogen-bond donors (Lipinski definition) is 2. The van der Waals surface area contributed by atoms with E-state index in [4.69, 9.17) is 0 Å². The fraction of sp³-hybridized carbons (Fsp3) is 0.583. The zero-order valence-corrected chi connectivity index (χ0v) is 11.7. The monoisotopic (exact) mass is 282 g/mol. The summed E-state index contributed by atoms with van der Waals surface area (Å²) in [6.45, 7) is 3.78. The minimum absolute atomic E-state index is 0.00509. The van der Waals surface area contributed by atoms with Gasteiger partial charge in [0.25, 0.3) is 0 Å². The topological polar surface area (TPSA) is 74.3 Å². The molecule has 1 fully saturated rings. The molecule has 0 aromatic carbocycles. The number of nitrogens with zero attached hydrogens (tertiary/aromatic N) is 2. The Morgan fingerprint density at radius 1 is 1.47 bits per heavy atom. The van der Waals surface area contributed by atoms with E-state index in [1.54, 1.807) is 11.1 Å². The summed E-state index contributed by atoms with van der Waals surface area (Å²) in [5, 5.41) is 8.05. The molecule has 1 saturated heterocycles. The van der Waals surface area contributed by atoms with Crippen LogP contribution >= 0.6 is 11.3 Å². The van der Waals surface area contributed by atoms with Crippen LogP contribution in [0.4, 0.5) is 9.93 Å². The third kappa shape index (κ3) is 3.66. The molecule has 2 rings (SSSR count). The first-order valence-corrected chi connectivity index (χ1v) is 7.31. The smallest absolute Gasteiger partial charge is 0.317 e. The fourth-order valence-electron chi connectivity index (χ4n) is 2.10. The van der Waals surface area contributed by atoms with E-state index in [1.807, 2.05) is 12.3 Å². The van der Waals surface area contributed by atoms with Gasteiger partial charge in [-0.1, -0.05) is 0 Å². The highest BCUT2D eigenvalue weighted by atomic mass is 32.1. The highest BCUT2D eigenvalue weighted by molar-refractivity contribution is 7.13. The standard InChI is InChI=1S/C12H18N4O2S/c1-2-13-12(18)16-6-3-9(4-7-16)10(17)15-11-14-5-8-19-11/h5,8-9H,2-4,6-7H2,1H3,(H,13,18)(H,14,15,17). The lowest BCUT2D eigenvalue weighted by Crippen LogP contribution is -2.46. The van der Waals surface area contributed by atoms with E-state index in [0.717, 1.165) is 0 Å². The van der Waals surface area contributed by atoms with Crippen LogP contribution in [0.2, 0.25) is 0 Å². The van der Waals surface area contributed by atoms with Crippen LogP contribution < -0.4 is 10.6 Å². The Balaban J connectivity index is 1.79. The van der Waals surface area contributed by atoms with E-state index < -0.39 is 0 Å². The van der Waals surface area contributed by atoms with Crippen molar-refractivity contribution in [2.45, 2.75) is 19.8 Å². The summed E-state index contributed by atoms with van der Waals surface area (Å²) >= 11 is 1.41. The molecule has 104 valence electrons. The summed E-state index contributed by atoms with van der Waals surface area (Å²) in [6.07, 6.45) is 3.07. The van der Waals surface area contributed by atoms with Gasteiger partial charge in [0.1, 0.15) is 0 Å². The molecule has 0 aliphatic carbocycles. The SMILES string of the molecule is CCNC(=O)N1CCC(C(=O)Nc2nccs2)CC1. The lowest BCUT2D eigenvalue weighted by atomic mass is 9.96. The van der Waals surface area contributed by atoms with Crippen molar-refractivity contribution in [3.8, 4) is 0 Å². The summed E-state index contributed by atoms with van der Waals surface area (Å²) in [5.74, 6) is -0.0277. The number of likely N-dealkylation sites (tertiary alicyclic amines) is 1. The fourth-order valence-corrected chi connectivity index (χ4v) is 2.63. The molecular weight excluding hydrogens is 264 g/mol. The first kappa shape index (κ1) is 13.8. The molecule has 2 N–H and O–H groups in total. The Bertz CT molecular complexity index is 427. The number of urea groups is 1. The average molecular weight is 282 g/mol. The van der Waals surface area contributed by atoms with Crippen LogP contribution in [-0.2, 0) is 4.79 Å². The molecule has 0 unspecified atom stereocenters. The summed E-state index contributed by atoms with van der Waals surface area (Å²) in [5.41, 5.74) is 0. The predicted molar refractivity (Wildman–Crippen MR) is 74.1 cm³/mol. The first-order chi connectivity index (χ1) is 9.20. The molecule has 1 aromatic heterocycles. The van der Waals surface area contributed by atoms with Gasteiger partial charge in [0.05, 0.1) is 0 Å². The van der Waals surface area contributed by atoms with Crippen molar-refractivity contribution in [2.24, 2.45) is 5.92 Å². The van der Waals surface area contributed by atoms with Gasteiger partial charge in [0, 0.05) is 37.1 Å². The van der Waals surface area contributed by atoms with Crippen LogP contribution in [0.3, 0.4) is 0 Å². The third-order valence-corrected chi connectivity index (χ3v) is 3.83. The number of carbonyl (C=O) groups is 2. The van der Waals surface area contributed by atoms with Gasteiger partial charge in [-0.05, 0) is 19.8 Å². The highest BCUT2D eigenvalue weighted by Gasteiger charge is 2.27. The molecule has 19 heavy (non-hydrogen) atoms. The third-order valence-electron chi connectivity index (χ3n) is 3.14. The van der Waals surface area contributed by atoms with Gasteiger partial charge in [-0.3, -0.25) is 4.79 Å². The van der Waals surface area contributed by atoms with Gasteiger partial charge in [0.15, 0.2) is 5.13 Å². The molecule has 7 heteroatoms. The van der Waals surface area contributed by atoms with E-state index in [9.17, 15) is 9.59 Å². The molecule has 2 heterocycles. The van der Waals surface area contributed by atoms with Gasteiger partial charge in [-0.15, -0.1) is 11.3 Å². The molecule has 6 nitrogen and oxygen atoms in total. The Morgan fingerprint density at radius 2 is 2.21 bits per heavy atom. The van der Waals surface area contributed by atoms with Gasteiger partial charge in [0.2, 0.25) is 5.91 Å². The Morgan fingerprint density at radius 3 is 2.79 bits per heavy atom. The van der Waals surface area contributed by atoms with Gasteiger partial charge >= 0.3 is 6.03 Å². The maximum absolute atomic E-state index is 12.0. The molecule has 0 bridgehead atoms. The molecule has 1 aromatic rings. The van der Waals surface area contributed by atoms with E-state index in [-0.39, 0.29) is 17.9 Å². The predicted octanol–water partition coefficient (Wildman–Crippen LogP) is 1.52. The van der Waals surface area contributed by atoms with Crippen LogP contribution in [-0.4, -0.2) is 41.5 Å². The van der Waals surface area contributed by atoms with Crippen molar-refractivity contribution in [3.05, 3.63) is 11.6 Å². The van der Waals surface area contributed by atoms with Crippen LogP contribution in [0.5, 0.6) is 0 Å². The number of rotatable bonds is 3. The quantitative estimate of drug-likeness (QED) is 0.882. The van der Waals surface area contributed by atoms with E-state index in [0.29, 0.717) is 37.6 Å². The number of nitrogens with one attached hydrogen (secondary N) is 2. The molecule has 0 saturated carbocycles. The lowest BCUT2D eigenvalue weighted by molar-refractivity contribution is -0.121. The Kier molecular flexibility index (Phi) is 4.73. The van der Waals surface area contributed by atoms with Gasteiger partial charge in [-0.2, -0.15) is 0 Å². The number of carbonyl (C=O) groups excluding carboxylic acids is 2. The number of amides is 3. The summed E-state index contributed by atoms with van der Waals surface area (Å²) in [7, 11) is 0. The van der Waals surface area contributed by atoms with Crippen molar-refractivity contribution in [3.63, 3.8) is 0 Å². The van der Waals surface area contributed by atoms with Crippen molar-refractivity contribution >= 4 is 28.4 Å². The van der Waals surface area contributed by atoms with Crippen molar-refractivity contribution in [2.75, 3.05) is 25.0 Å². The summed E-state index contributed by atoms with van der Waals surface area (Å²) in [4.78, 5) is 29.4. The second-order valence-electron chi connectivity index (χ2n) is 4.42. The maximum atomic E-state index is 12.0. The van der Waals surface area contributed by atoms with Crippen LogP contribution in [0.15, 0.2) is 11.6 Å². The van der Waals surface area contributed by atoms with E-state index >= 15 is 0 Å². The summed E-state index contributed by atoms with van der Waals surface area (Å²) < 4.78 is 0. The van der Waals surface area contributed by atoms with Crippen molar-refractivity contribution < 1.29 is 9.59 Å². The minimum Gasteiger partial charge on any atom is -0.338 e. The van der Waals surface area contributed by atoms with Crippen LogP contribution in [0.1, 0.15) is 19.8 Å². The van der Waals surface area contributed by atoms with Gasteiger partial charge < -0.3 is 15.5 Å². The normalized spacial score (nSPS) is 16.2. The summed E-state index contributed by atoms with van der Waals surface area (Å²) in [6, 6.07) is -0.0405. The minimum atomic E-state index is -0.0405. The zero-order chi connectivity index (χ0) is 13.7. The molecular formula is C12H18N4O2S. The molecule has 3 amide bonds. The molecule has 0 spiro atoms. The Labute approximate surface area is 116 Å². The van der Waals surface area contributed by atoms with Crippen molar-refractivity contribution in [1.82, 2.24) is 15.2 Å². The number of aromatic nitrogens is 1.